The summed E-state index contributed by atoms with van der Waals surface area (Å²) < 4.78 is 5.87. The quantitative estimate of drug-likeness (QED) is 0.908. The van der Waals surface area contributed by atoms with Gasteiger partial charge in [0.2, 0.25) is 5.13 Å². The van der Waals surface area contributed by atoms with E-state index in [9.17, 15) is 0 Å². The van der Waals surface area contributed by atoms with E-state index in [-0.39, 0.29) is 0 Å². The fourth-order valence-corrected chi connectivity index (χ4v) is 4.10. The summed E-state index contributed by atoms with van der Waals surface area (Å²) in [6.45, 7) is 0.842. The molecule has 2 aliphatic rings. The van der Waals surface area contributed by atoms with E-state index < -0.39 is 0 Å². The van der Waals surface area contributed by atoms with Gasteiger partial charge < -0.3 is 10.1 Å². The average molecular weight is 336 g/mol. The predicted molar refractivity (Wildman–Crippen MR) is 89.5 cm³/mol. The highest BCUT2D eigenvalue weighted by Gasteiger charge is 2.36. The molecule has 2 heterocycles. The maximum atomic E-state index is 6.22. The van der Waals surface area contributed by atoms with Gasteiger partial charge in [-0.25, -0.2) is 0 Å². The number of anilines is 1. The zero-order valence-electron chi connectivity index (χ0n) is 12.2. The number of nitrogens with one attached hydrogen (secondary N) is 1. The average Bonchev–Trinajstić information content (AvgIpc) is 3.29. The van der Waals surface area contributed by atoms with Crippen LogP contribution in [-0.2, 0) is 4.74 Å². The first kappa shape index (κ1) is 14.4. The van der Waals surface area contributed by atoms with Crippen LogP contribution >= 0.6 is 22.9 Å². The maximum Gasteiger partial charge on any atom is 0.206 e. The van der Waals surface area contributed by atoms with Crippen LogP contribution < -0.4 is 5.32 Å². The smallest absolute Gasteiger partial charge is 0.206 e. The van der Waals surface area contributed by atoms with E-state index in [0.29, 0.717) is 17.2 Å². The summed E-state index contributed by atoms with van der Waals surface area (Å²) in [5, 5.41) is 14.5. The third kappa shape index (κ3) is 3.12. The molecule has 2 unspecified atom stereocenters. The van der Waals surface area contributed by atoms with E-state index in [0.717, 1.165) is 41.1 Å². The Morgan fingerprint density at radius 1 is 1.18 bits per heavy atom. The van der Waals surface area contributed by atoms with Gasteiger partial charge >= 0.3 is 0 Å². The third-order valence-electron chi connectivity index (χ3n) is 4.32. The second kappa shape index (κ2) is 6.14. The SMILES string of the molecule is Clc1ccccc1-c1nnc(NC2CCOC(C3CC3)C2)s1. The van der Waals surface area contributed by atoms with Crippen LogP contribution in [0.15, 0.2) is 24.3 Å². The lowest BCUT2D eigenvalue weighted by Gasteiger charge is -2.29. The molecule has 6 heteroatoms. The molecule has 4 rings (SSSR count). The molecule has 22 heavy (non-hydrogen) atoms. The Kier molecular flexibility index (Phi) is 4.03. The lowest BCUT2D eigenvalue weighted by atomic mass is 10.0. The van der Waals surface area contributed by atoms with Crippen molar-refractivity contribution in [3.05, 3.63) is 29.3 Å². The number of hydrogen-bond acceptors (Lipinski definition) is 5. The molecule has 0 radical (unpaired) electrons. The molecule has 1 aliphatic heterocycles. The highest BCUT2D eigenvalue weighted by atomic mass is 35.5. The first-order chi connectivity index (χ1) is 10.8. The molecule has 0 amide bonds. The van der Waals surface area contributed by atoms with E-state index in [4.69, 9.17) is 16.3 Å². The van der Waals surface area contributed by atoms with Gasteiger partial charge in [0.05, 0.1) is 11.1 Å². The minimum atomic E-state index is 0.433. The van der Waals surface area contributed by atoms with Crippen LogP contribution in [0.1, 0.15) is 25.7 Å². The normalized spacial score (nSPS) is 25.1. The predicted octanol–water partition coefficient (Wildman–Crippen LogP) is 4.23. The molecule has 0 spiro atoms. The topological polar surface area (TPSA) is 47.0 Å². The van der Waals surface area contributed by atoms with Gasteiger partial charge in [0.1, 0.15) is 0 Å². The van der Waals surface area contributed by atoms with Crippen LogP contribution in [0.4, 0.5) is 5.13 Å². The van der Waals surface area contributed by atoms with E-state index in [1.54, 1.807) is 11.3 Å². The third-order valence-corrected chi connectivity index (χ3v) is 5.54. The summed E-state index contributed by atoms with van der Waals surface area (Å²) in [4.78, 5) is 0. The molecule has 2 fully saturated rings. The van der Waals surface area contributed by atoms with E-state index in [1.165, 1.54) is 12.8 Å². The summed E-state index contributed by atoms with van der Waals surface area (Å²) in [5.41, 5.74) is 0.942. The number of halogens is 1. The van der Waals surface area contributed by atoms with Crippen molar-refractivity contribution in [1.29, 1.82) is 0 Å². The Morgan fingerprint density at radius 2 is 2.05 bits per heavy atom. The summed E-state index contributed by atoms with van der Waals surface area (Å²) in [6, 6.07) is 8.18. The lowest BCUT2D eigenvalue weighted by Crippen LogP contribution is -2.35. The standard InChI is InChI=1S/C16H18ClN3OS/c17-13-4-2-1-3-12(13)15-19-20-16(22-15)18-11-7-8-21-14(9-11)10-5-6-10/h1-4,10-11,14H,5-9H2,(H,18,20). The van der Waals surface area contributed by atoms with Crippen molar-refractivity contribution in [3.63, 3.8) is 0 Å². The summed E-state index contributed by atoms with van der Waals surface area (Å²) in [6.07, 6.45) is 5.19. The second-order valence-corrected chi connectivity index (χ2v) is 7.39. The molecule has 1 N–H and O–H groups in total. The Hall–Kier alpha value is -1.17. The van der Waals surface area contributed by atoms with Gasteiger partial charge in [-0.1, -0.05) is 41.1 Å². The van der Waals surface area contributed by atoms with E-state index in [2.05, 4.69) is 15.5 Å². The molecule has 1 saturated heterocycles. The van der Waals surface area contributed by atoms with Crippen molar-refractivity contribution in [2.24, 2.45) is 5.92 Å². The number of benzene rings is 1. The van der Waals surface area contributed by atoms with Gasteiger partial charge in [0.25, 0.3) is 0 Å². The molecular formula is C16H18ClN3OS. The zero-order valence-corrected chi connectivity index (χ0v) is 13.7. The first-order valence-electron chi connectivity index (χ1n) is 7.76. The van der Waals surface area contributed by atoms with Crippen molar-refractivity contribution in [3.8, 4) is 10.6 Å². The minimum Gasteiger partial charge on any atom is -0.378 e. The molecule has 4 nitrogen and oxygen atoms in total. The van der Waals surface area contributed by atoms with Crippen molar-refractivity contribution >= 4 is 28.1 Å². The van der Waals surface area contributed by atoms with Crippen LogP contribution in [0.5, 0.6) is 0 Å². The van der Waals surface area contributed by atoms with Gasteiger partial charge in [-0.2, -0.15) is 0 Å². The molecule has 1 aromatic heterocycles. The van der Waals surface area contributed by atoms with Crippen molar-refractivity contribution in [1.82, 2.24) is 10.2 Å². The largest absolute Gasteiger partial charge is 0.378 e. The molecule has 116 valence electrons. The lowest BCUT2D eigenvalue weighted by molar-refractivity contribution is -0.00219. The fraction of sp³-hybridized carbons (Fsp3) is 0.500. The van der Waals surface area contributed by atoms with Crippen LogP contribution in [0.25, 0.3) is 10.6 Å². The Balaban J connectivity index is 1.44. The highest BCUT2D eigenvalue weighted by molar-refractivity contribution is 7.18. The van der Waals surface area contributed by atoms with Gasteiger partial charge in [-0.05, 0) is 37.7 Å². The molecule has 1 aliphatic carbocycles. The van der Waals surface area contributed by atoms with Gasteiger partial charge in [0.15, 0.2) is 5.01 Å². The Morgan fingerprint density at radius 3 is 2.86 bits per heavy atom. The molecule has 0 bridgehead atoms. The number of rotatable bonds is 4. The molecule has 1 aromatic carbocycles. The molecule has 2 atom stereocenters. The monoisotopic (exact) mass is 335 g/mol. The Labute approximate surface area is 138 Å². The molecule has 2 aromatic rings. The minimum absolute atomic E-state index is 0.433. The molecular weight excluding hydrogens is 318 g/mol. The fourth-order valence-electron chi connectivity index (χ4n) is 2.96. The van der Waals surface area contributed by atoms with Gasteiger partial charge in [-0.15, -0.1) is 10.2 Å². The summed E-state index contributed by atoms with van der Waals surface area (Å²) in [7, 11) is 0. The van der Waals surface area contributed by atoms with Gasteiger partial charge in [0, 0.05) is 18.2 Å². The summed E-state index contributed by atoms with van der Waals surface area (Å²) >= 11 is 7.78. The van der Waals surface area contributed by atoms with Crippen LogP contribution in [-0.4, -0.2) is 29.0 Å². The second-order valence-electron chi connectivity index (χ2n) is 6.00. The zero-order chi connectivity index (χ0) is 14.9. The highest BCUT2D eigenvalue weighted by Crippen LogP contribution is 2.39. The molecule has 1 saturated carbocycles. The number of aromatic nitrogens is 2. The van der Waals surface area contributed by atoms with Crippen LogP contribution in [0.3, 0.4) is 0 Å². The van der Waals surface area contributed by atoms with Crippen molar-refractivity contribution in [2.45, 2.75) is 37.8 Å². The van der Waals surface area contributed by atoms with Gasteiger partial charge in [-0.3, -0.25) is 0 Å². The van der Waals surface area contributed by atoms with E-state index in [1.807, 2.05) is 24.3 Å². The number of nitrogens with zero attached hydrogens (tertiary/aromatic N) is 2. The van der Waals surface area contributed by atoms with Crippen molar-refractivity contribution in [2.75, 3.05) is 11.9 Å². The first-order valence-corrected chi connectivity index (χ1v) is 8.95. The number of hydrogen-bond donors (Lipinski definition) is 1. The maximum absolute atomic E-state index is 6.22. The van der Waals surface area contributed by atoms with Crippen molar-refractivity contribution < 1.29 is 4.74 Å². The summed E-state index contributed by atoms with van der Waals surface area (Å²) in [5.74, 6) is 0.790. The Bertz CT molecular complexity index is 658. The number of ether oxygens (including phenoxy) is 1. The van der Waals surface area contributed by atoms with E-state index >= 15 is 0 Å². The van der Waals surface area contributed by atoms with Crippen LogP contribution in [0, 0.1) is 5.92 Å². The van der Waals surface area contributed by atoms with Crippen LogP contribution in [0.2, 0.25) is 5.02 Å².